The Morgan fingerprint density at radius 3 is 2.63 bits per heavy atom. The second-order valence-corrected chi connectivity index (χ2v) is 5.45. The van der Waals surface area contributed by atoms with Gasteiger partial charge >= 0.3 is 5.97 Å². The Morgan fingerprint density at radius 1 is 1.37 bits per heavy atom. The van der Waals surface area contributed by atoms with Crippen molar-refractivity contribution < 1.29 is 14.7 Å². The highest BCUT2D eigenvalue weighted by Crippen LogP contribution is 2.27. The second kappa shape index (κ2) is 5.21. The summed E-state index contributed by atoms with van der Waals surface area (Å²) in [6, 6.07) is 5.30. The molecule has 1 aliphatic heterocycles. The minimum Gasteiger partial charge on any atom is -0.481 e. The number of benzene rings is 1. The zero-order valence-corrected chi connectivity index (χ0v) is 11.6. The third-order valence-electron chi connectivity index (χ3n) is 3.64. The summed E-state index contributed by atoms with van der Waals surface area (Å²) in [6.07, 6.45) is 0. The van der Waals surface area contributed by atoms with E-state index in [1.165, 1.54) is 0 Å². The number of carbonyl (C=O) groups excluding carboxylic acids is 1. The Kier molecular flexibility index (Phi) is 3.80. The van der Waals surface area contributed by atoms with Crippen LogP contribution < -0.4 is 0 Å². The molecular weight excluding hydrogens is 266 g/mol. The lowest BCUT2D eigenvalue weighted by Crippen LogP contribution is -2.30. The lowest BCUT2D eigenvalue weighted by atomic mass is 9.99. The smallest absolute Gasteiger partial charge is 0.308 e. The number of nitrogens with zero attached hydrogens (tertiary/aromatic N) is 1. The summed E-state index contributed by atoms with van der Waals surface area (Å²) in [6.45, 7) is 4.40. The molecule has 0 spiro atoms. The average molecular weight is 282 g/mol. The molecule has 2 atom stereocenters. The van der Waals surface area contributed by atoms with Gasteiger partial charge in [0.15, 0.2) is 0 Å². The first-order valence-corrected chi connectivity index (χ1v) is 6.56. The highest BCUT2D eigenvalue weighted by atomic mass is 35.5. The first-order valence-electron chi connectivity index (χ1n) is 6.19. The normalized spacial score (nSPS) is 22.6. The number of hydrogen-bond acceptors (Lipinski definition) is 2. The Hall–Kier alpha value is -1.55. The predicted octanol–water partition coefficient (Wildman–Crippen LogP) is 2.44. The van der Waals surface area contributed by atoms with E-state index in [1.807, 2.05) is 19.9 Å². The molecule has 1 aromatic carbocycles. The van der Waals surface area contributed by atoms with Crippen molar-refractivity contribution >= 4 is 23.5 Å². The van der Waals surface area contributed by atoms with Crippen molar-refractivity contribution in [2.75, 3.05) is 13.1 Å². The van der Waals surface area contributed by atoms with Crippen LogP contribution in [0.1, 0.15) is 22.8 Å². The van der Waals surface area contributed by atoms with Gasteiger partial charge in [0, 0.05) is 13.1 Å². The van der Waals surface area contributed by atoms with Crippen molar-refractivity contribution in [2.24, 2.45) is 11.8 Å². The van der Waals surface area contributed by atoms with Gasteiger partial charge in [-0.05, 0) is 24.5 Å². The molecule has 0 bridgehead atoms. The van der Waals surface area contributed by atoms with E-state index < -0.39 is 11.9 Å². The maximum atomic E-state index is 12.4. The van der Waals surface area contributed by atoms with E-state index in [0.29, 0.717) is 17.1 Å². The highest BCUT2D eigenvalue weighted by Gasteiger charge is 2.37. The van der Waals surface area contributed by atoms with Crippen molar-refractivity contribution in [3.05, 3.63) is 34.3 Å². The number of hydrogen-bond donors (Lipinski definition) is 1. The number of aryl methyl sites for hydroxylation is 1. The van der Waals surface area contributed by atoms with E-state index in [0.717, 1.165) is 5.56 Å². The Morgan fingerprint density at radius 2 is 2.05 bits per heavy atom. The van der Waals surface area contributed by atoms with Crippen molar-refractivity contribution in [2.45, 2.75) is 13.8 Å². The summed E-state index contributed by atoms with van der Waals surface area (Å²) in [4.78, 5) is 25.0. The fourth-order valence-corrected chi connectivity index (χ4v) is 2.64. The molecule has 0 aromatic heterocycles. The number of amides is 1. The SMILES string of the molecule is Cc1cccc(C(=O)N2CC(C)C(C(=O)O)C2)c1Cl. The van der Waals surface area contributed by atoms with E-state index in [4.69, 9.17) is 16.7 Å². The number of aliphatic carboxylic acids is 1. The van der Waals surface area contributed by atoms with Gasteiger partial charge in [-0.1, -0.05) is 30.7 Å². The van der Waals surface area contributed by atoms with Crippen LogP contribution in [0.15, 0.2) is 18.2 Å². The molecule has 0 aliphatic carbocycles. The second-order valence-electron chi connectivity index (χ2n) is 5.07. The zero-order chi connectivity index (χ0) is 14.2. The van der Waals surface area contributed by atoms with Crippen LogP contribution >= 0.6 is 11.6 Å². The minimum absolute atomic E-state index is 0.0370. The van der Waals surface area contributed by atoms with Crippen molar-refractivity contribution in [3.8, 4) is 0 Å². The van der Waals surface area contributed by atoms with Gasteiger partial charge in [0.1, 0.15) is 0 Å². The summed E-state index contributed by atoms with van der Waals surface area (Å²) in [5.41, 5.74) is 1.29. The largest absolute Gasteiger partial charge is 0.481 e. The molecule has 2 unspecified atom stereocenters. The number of carbonyl (C=O) groups is 2. The van der Waals surface area contributed by atoms with Gasteiger partial charge in [0.05, 0.1) is 16.5 Å². The summed E-state index contributed by atoms with van der Waals surface area (Å²) >= 11 is 6.14. The summed E-state index contributed by atoms with van der Waals surface area (Å²) < 4.78 is 0. The van der Waals surface area contributed by atoms with Crippen LogP contribution in [-0.4, -0.2) is 35.0 Å². The van der Waals surface area contributed by atoms with Crippen LogP contribution in [-0.2, 0) is 4.79 Å². The van der Waals surface area contributed by atoms with Crippen LogP contribution in [0.4, 0.5) is 0 Å². The average Bonchev–Trinajstić information content (AvgIpc) is 2.74. The van der Waals surface area contributed by atoms with E-state index in [9.17, 15) is 9.59 Å². The number of rotatable bonds is 2. The molecule has 1 amide bonds. The Balaban J connectivity index is 2.22. The molecule has 1 aliphatic rings. The third-order valence-corrected chi connectivity index (χ3v) is 4.14. The van der Waals surface area contributed by atoms with Crippen molar-refractivity contribution in [1.29, 1.82) is 0 Å². The molecule has 19 heavy (non-hydrogen) atoms. The molecule has 0 saturated carbocycles. The van der Waals surface area contributed by atoms with Crippen LogP contribution in [0.5, 0.6) is 0 Å². The number of halogens is 1. The minimum atomic E-state index is -0.849. The first kappa shape index (κ1) is 13.9. The zero-order valence-electron chi connectivity index (χ0n) is 10.9. The molecule has 102 valence electrons. The van der Waals surface area contributed by atoms with Crippen LogP contribution in [0.25, 0.3) is 0 Å². The summed E-state index contributed by atoms with van der Waals surface area (Å²) in [5.74, 6) is -1.57. The fraction of sp³-hybridized carbons (Fsp3) is 0.429. The molecule has 1 saturated heterocycles. The molecule has 2 rings (SSSR count). The van der Waals surface area contributed by atoms with Gasteiger partial charge in [-0.3, -0.25) is 9.59 Å². The van der Waals surface area contributed by atoms with E-state index in [-0.39, 0.29) is 18.4 Å². The lowest BCUT2D eigenvalue weighted by molar-refractivity contribution is -0.142. The van der Waals surface area contributed by atoms with Crippen molar-refractivity contribution in [1.82, 2.24) is 4.90 Å². The number of carboxylic acid groups (broad SMARTS) is 1. The molecular formula is C14H16ClNO3. The van der Waals surface area contributed by atoms with Gasteiger partial charge in [-0.15, -0.1) is 0 Å². The molecule has 1 N–H and O–H groups in total. The topological polar surface area (TPSA) is 57.6 Å². The fourth-order valence-electron chi connectivity index (χ4n) is 2.44. The first-order chi connectivity index (χ1) is 8.91. The monoisotopic (exact) mass is 281 g/mol. The van der Waals surface area contributed by atoms with Crippen LogP contribution in [0.2, 0.25) is 5.02 Å². The highest BCUT2D eigenvalue weighted by molar-refractivity contribution is 6.34. The lowest BCUT2D eigenvalue weighted by Gasteiger charge is -2.17. The number of likely N-dealkylation sites (tertiary alicyclic amines) is 1. The van der Waals surface area contributed by atoms with Gasteiger partial charge in [-0.2, -0.15) is 0 Å². The van der Waals surface area contributed by atoms with Crippen LogP contribution in [0.3, 0.4) is 0 Å². The van der Waals surface area contributed by atoms with Crippen molar-refractivity contribution in [3.63, 3.8) is 0 Å². The van der Waals surface area contributed by atoms with E-state index in [1.54, 1.807) is 17.0 Å². The predicted molar refractivity (Wildman–Crippen MR) is 72.4 cm³/mol. The standard InChI is InChI=1S/C14H16ClNO3/c1-8-4-3-5-10(12(8)15)13(17)16-6-9(2)11(7-16)14(18)19/h3-5,9,11H,6-7H2,1-2H3,(H,18,19). The Labute approximate surface area is 117 Å². The molecule has 4 nitrogen and oxygen atoms in total. The molecule has 1 fully saturated rings. The maximum absolute atomic E-state index is 12.4. The maximum Gasteiger partial charge on any atom is 0.308 e. The Bertz CT molecular complexity index is 529. The molecule has 1 heterocycles. The summed E-state index contributed by atoms with van der Waals surface area (Å²) in [7, 11) is 0. The van der Waals surface area contributed by atoms with Gasteiger partial charge in [-0.25, -0.2) is 0 Å². The quantitative estimate of drug-likeness (QED) is 0.906. The summed E-state index contributed by atoms with van der Waals surface area (Å²) in [5, 5.41) is 9.53. The van der Waals surface area contributed by atoms with E-state index in [2.05, 4.69) is 0 Å². The molecule has 5 heteroatoms. The van der Waals surface area contributed by atoms with E-state index >= 15 is 0 Å². The number of carboxylic acids is 1. The molecule has 1 aromatic rings. The third kappa shape index (κ3) is 2.59. The molecule has 0 radical (unpaired) electrons. The van der Waals surface area contributed by atoms with Gasteiger partial charge in [0.2, 0.25) is 0 Å². The van der Waals surface area contributed by atoms with Gasteiger partial charge < -0.3 is 10.0 Å². The van der Waals surface area contributed by atoms with Crippen LogP contribution in [0, 0.1) is 18.8 Å². The van der Waals surface area contributed by atoms with Gasteiger partial charge in [0.25, 0.3) is 5.91 Å².